The number of carbonyl (C=O) groups excluding carboxylic acids is 1. The Morgan fingerprint density at radius 1 is 1.24 bits per heavy atom. The maximum atomic E-state index is 12.6. The summed E-state index contributed by atoms with van der Waals surface area (Å²) in [5, 5.41) is 4.09. The van der Waals surface area contributed by atoms with Gasteiger partial charge in [-0.25, -0.2) is 10.4 Å². The first-order valence-electron chi connectivity index (χ1n) is 9.40. The van der Waals surface area contributed by atoms with E-state index in [4.69, 9.17) is 9.47 Å². The lowest BCUT2D eigenvalue weighted by Crippen LogP contribution is -2.20. The van der Waals surface area contributed by atoms with E-state index >= 15 is 0 Å². The van der Waals surface area contributed by atoms with Gasteiger partial charge in [0.25, 0.3) is 5.91 Å². The highest BCUT2D eigenvalue weighted by molar-refractivity contribution is 9.10. The smallest absolute Gasteiger partial charge is 0.290 e. The second kappa shape index (κ2) is 9.56. The molecule has 7 nitrogen and oxygen atoms in total. The minimum absolute atomic E-state index is 0.336. The minimum atomic E-state index is -0.336. The van der Waals surface area contributed by atoms with Crippen molar-refractivity contribution in [1.29, 1.82) is 0 Å². The van der Waals surface area contributed by atoms with Gasteiger partial charge in [-0.2, -0.15) is 5.10 Å². The predicted octanol–water partition coefficient (Wildman–Crippen LogP) is 4.36. The van der Waals surface area contributed by atoms with Crippen molar-refractivity contribution in [2.45, 2.75) is 27.2 Å². The fourth-order valence-corrected chi connectivity index (χ4v) is 3.17. The number of rotatable bonds is 8. The van der Waals surface area contributed by atoms with Crippen molar-refractivity contribution in [3.63, 3.8) is 0 Å². The van der Waals surface area contributed by atoms with Crippen molar-refractivity contribution >= 4 is 33.7 Å². The van der Waals surface area contributed by atoms with Gasteiger partial charge in [0.15, 0.2) is 11.5 Å². The Labute approximate surface area is 177 Å². The van der Waals surface area contributed by atoms with Gasteiger partial charge >= 0.3 is 0 Å². The van der Waals surface area contributed by atoms with Crippen molar-refractivity contribution in [2.24, 2.45) is 5.10 Å². The monoisotopic (exact) mass is 458 g/mol. The highest BCUT2D eigenvalue weighted by Gasteiger charge is 2.16. The first kappa shape index (κ1) is 20.9. The zero-order chi connectivity index (χ0) is 20.8. The fourth-order valence-electron chi connectivity index (χ4n) is 2.83. The Bertz CT molecular complexity index is 1050. The number of nitrogens with zero attached hydrogens (tertiary/aromatic N) is 3. The van der Waals surface area contributed by atoms with Crippen LogP contribution >= 0.6 is 15.9 Å². The Balaban J connectivity index is 1.76. The third-order valence-corrected chi connectivity index (χ3v) is 4.55. The second-order valence-corrected chi connectivity index (χ2v) is 7.22. The van der Waals surface area contributed by atoms with Crippen molar-refractivity contribution in [2.75, 3.05) is 13.2 Å². The number of imidazole rings is 1. The van der Waals surface area contributed by atoms with Crippen LogP contribution in [-0.4, -0.2) is 34.7 Å². The zero-order valence-electron chi connectivity index (χ0n) is 16.6. The number of aromatic nitrogens is 2. The van der Waals surface area contributed by atoms with Crippen LogP contribution in [0.5, 0.6) is 11.5 Å². The Morgan fingerprint density at radius 2 is 2.07 bits per heavy atom. The van der Waals surface area contributed by atoms with E-state index in [0.717, 1.165) is 16.5 Å². The van der Waals surface area contributed by atoms with E-state index in [0.29, 0.717) is 41.7 Å². The molecule has 2 aromatic heterocycles. The van der Waals surface area contributed by atoms with Crippen LogP contribution in [0.2, 0.25) is 0 Å². The molecule has 1 amide bonds. The molecule has 0 spiro atoms. The number of aryl methyl sites for hydroxylation is 1. The average Bonchev–Trinajstić information content (AvgIpc) is 3.02. The van der Waals surface area contributed by atoms with E-state index in [2.05, 4.69) is 31.4 Å². The number of carbonyl (C=O) groups is 1. The number of halogens is 1. The minimum Gasteiger partial charge on any atom is -0.490 e. The van der Waals surface area contributed by atoms with E-state index in [1.807, 2.05) is 44.2 Å². The van der Waals surface area contributed by atoms with Crippen LogP contribution in [0.1, 0.15) is 42.0 Å². The Kier molecular flexibility index (Phi) is 6.87. The number of pyridine rings is 1. The molecule has 1 aromatic carbocycles. The topological polar surface area (TPSA) is 77.2 Å². The predicted molar refractivity (Wildman–Crippen MR) is 116 cm³/mol. The number of amides is 1. The van der Waals surface area contributed by atoms with Gasteiger partial charge in [0.1, 0.15) is 11.3 Å². The molecule has 0 aliphatic carbocycles. The summed E-state index contributed by atoms with van der Waals surface area (Å²) in [6.45, 7) is 6.92. The largest absolute Gasteiger partial charge is 0.490 e. The van der Waals surface area contributed by atoms with Gasteiger partial charge in [0.2, 0.25) is 0 Å². The lowest BCUT2D eigenvalue weighted by molar-refractivity contribution is 0.0948. The number of ether oxygens (including phenoxy) is 2. The van der Waals surface area contributed by atoms with Gasteiger partial charge in [0.05, 0.1) is 25.1 Å². The first-order valence-corrected chi connectivity index (χ1v) is 10.2. The summed E-state index contributed by atoms with van der Waals surface area (Å²) >= 11 is 3.42. The molecule has 0 atom stereocenters. The zero-order valence-corrected chi connectivity index (χ0v) is 18.2. The van der Waals surface area contributed by atoms with Crippen LogP contribution in [0.4, 0.5) is 0 Å². The summed E-state index contributed by atoms with van der Waals surface area (Å²) in [5.74, 6) is 1.01. The molecule has 3 aromatic rings. The third-order valence-electron chi connectivity index (χ3n) is 4.08. The Hall–Kier alpha value is -2.87. The van der Waals surface area contributed by atoms with Crippen LogP contribution in [0, 0.1) is 6.92 Å². The summed E-state index contributed by atoms with van der Waals surface area (Å²) in [7, 11) is 0. The number of fused-ring (bicyclic) bond motifs is 1. The van der Waals surface area contributed by atoms with Crippen molar-refractivity contribution < 1.29 is 14.3 Å². The third kappa shape index (κ3) is 4.95. The van der Waals surface area contributed by atoms with E-state index in [1.54, 1.807) is 23.7 Å². The molecule has 2 heterocycles. The standard InChI is InChI=1S/C21H23BrN4O3/c1-4-10-29-17-8-6-15(11-18(17)28-5-2)12-23-25-21(27)20-14(3)24-19-9-7-16(22)13-26(19)20/h6-9,11-13H,4-5,10H2,1-3H3,(H,25,27)/b23-12+. The number of hydrazone groups is 1. The summed E-state index contributed by atoms with van der Waals surface area (Å²) in [6, 6.07) is 9.26. The summed E-state index contributed by atoms with van der Waals surface area (Å²) in [5.41, 5.74) is 5.13. The lowest BCUT2D eigenvalue weighted by atomic mass is 10.2. The molecule has 29 heavy (non-hydrogen) atoms. The van der Waals surface area contributed by atoms with Crippen LogP contribution in [0.3, 0.4) is 0 Å². The summed E-state index contributed by atoms with van der Waals surface area (Å²) in [4.78, 5) is 17.0. The number of nitrogens with one attached hydrogen (secondary N) is 1. The molecule has 152 valence electrons. The highest BCUT2D eigenvalue weighted by atomic mass is 79.9. The molecule has 0 aliphatic heterocycles. The molecule has 0 saturated heterocycles. The molecule has 0 fully saturated rings. The van der Waals surface area contributed by atoms with Gasteiger partial charge < -0.3 is 9.47 Å². The van der Waals surface area contributed by atoms with Crippen LogP contribution in [0.15, 0.2) is 46.1 Å². The molecule has 0 radical (unpaired) electrons. The molecule has 3 rings (SSSR count). The summed E-state index contributed by atoms with van der Waals surface area (Å²) < 4.78 is 13.9. The molecular formula is C21H23BrN4O3. The van der Waals surface area contributed by atoms with Gasteiger partial charge in [0, 0.05) is 10.7 Å². The Morgan fingerprint density at radius 3 is 2.83 bits per heavy atom. The van der Waals surface area contributed by atoms with E-state index in [9.17, 15) is 4.79 Å². The van der Waals surface area contributed by atoms with Gasteiger partial charge in [-0.15, -0.1) is 0 Å². The fraction of sp³-hybridized carbons (Fsp3) is 0.286. The second-order valence-electron chi connectivity index (χ2n) is 6.31. The molecule has 1 N–H and O–H groups in total. The lowest BCUT2D eigenvalue weighted by Gasteiger charge is -2.11. The van der Waals surface area contributed by atoms with Crippen molar-refractivity contribution in [1.82, 2.24) is 14.8 Å². The van der Waals surface area contributed by atoms with E-state index in [-0.39, 0.29) is 5.91 Å². The van der Waals surface area contributed by atoms with Crippen LogP contribution < -0.4 is 14.9 Å². The molecule has 0 aliphatic rings. The van der Waals surface area contributed by atoms with E-state index < -0.39 is 0 Å². The highest BCUT2D eigenvalue weighted by Crippen LogP contribution is 2.28. The molecule has 8 heteroatoms. The summed E-state index contributed by atoms with van der Waals surface area (Å²) in [6.07, 6.45) is 4.29. The van der Waals surface area contributed by atoms with E-state index in [1.165, 1.54) is 0 Å². The molecule has 0 saturated carbocycles. The maximum Gasteiger partial charge on any atom is 0.290 e. The molecule has 0 unspecified atom stereocenters. The quantitative estimate of drug-likeness (QED) is 0.401. The maximum absolute atomic E-state index is 12.6. The van der Waals surface area contributed by atoms with Crippen LogP contribution in [0.25, 0.3) is 5.65 Å². The van der Waals surface area contributed by atoms with Crippen LogP contribution in [-0.2, 0) is 0 Å². The van der Waals surface area contributed by atoms with Gasteiger partial charge in [-0.1, -0.05) is 6.92 Å². The normalized spacial score (nSPS) is 11.2. The SMILES string of the molecule is CCCOc1ccc(/C=N/NC(=O)c2c(C)nc3ccc(Br)cn23)cc1OCC. The van der Waals surface area contributed by atoms with Crippen molar-refractivity contribution in [3.05, 3.63) is 58.0 Å². The van der Waals surface area contributed by atoms with Gasteiger partial charge in [-0.3, -0.25) is 9.20 Å². The number of benzene rings is 1. The molecular weight excluding hydrogens is 436 g/mol. The van der Waals surface area contributed by atoms with Gasteiger partial charge in [-0.05, 0) is 72.1 Å². The van der Waals surface area contributed by atoms with Crippen molar-refractivity contribution in [3.8, 4) is 11.5 Å². The average molecular weight is 459 g/mol. The molecule has 0 bridgehead atoms. The number of hydrogen-bond donors (Lipinski definition) is 1. The number of hydrogen-bond acceptors (Lipinski definition) is 5. The first-order chi connectivity index (χ1) is 14.0.